The summed E-state index contributed by atoms with van der Waals surface area (Å²) in [4.78, 5) is 6.47. The topological polar surface area (TPSA) is 25.4 Å². The lowest BCUT2D eigenvalue weighted by atomic mass is 10.1. The molecule has 1 fully saturated rings. The zero-order chi connectivity index (χ0) is 10.7. The predicted molar refractivity (Wildman–Crippen MR) is 58.2 cm³/mol. The van der Waals surface area contributed by atoms with E-state index in [9.17, 15) is 0 Å². The van der Waals surface area contributed by atoms with Crippen molar-refractivity contribution in [3.63, 3.8) is 0 Å². The lowest BCUT2D eigenvalue weighted by Gasteiger charge is -2.38. The molecule has 1 aromatic heterocycles. The van der Waals surface area contributed by atoms with Gasteiger partial charge in [0.1, 0.15) is 5.69 Å². The van der Waals surface area contributed by atoms with Gasteiger partial charge in [0.05, 0.1) is 6.10 Å². The number of hydrogen-bond donors (Lipinski definition) is 0. The molecule has 0 saturated carbocycles. The van der Waals surface area contributed by atoms with Crippen LogP contribution in [0.15, 0.2) is 18.3 Å². The normalized spacial score (nSPS) is 17.1. The molecule has 0 N–H and O–H groups in total. The fourth-order valence-electron chi connectivity index (χ4n) is 1.66. The van der Waals surface area contributed by atoms with Gasteiger partial charge in [0.2, 0.25) is 0 Å². The largest absolute Gasteiger partial charge is 0.379 e. The summed E-state index contributed by atoms with van der Waals surface area (Å²) < 4.78 is 5.21. The number of nitrogens with zero attached hydrogens (tertiary/aromatic N) is 2. The Morgan fingerprint density at radius 1 is 1.60 bits per heavy atom. The SMILES string of the molecule is C#Cc1ccc(CN2CC(OC)C2)cn1. The van der Waals surface area contributed by atoms with Crippen LogP contribution < -0.4 is 0 Å². The maximum Gasteiger partial charge on any atom is 0.112 e. The maximum absolute atomic E-state index is 5.24. The molecular weight excluding hydrogens is 188 g/mol. The van der Waals surface area contributed by atoms with Gasteiger partial charge in [0.25, 0.3) is 0 Å². The molecule has 0 amide bonds. The minimum Gasteiger partial charge on any atom is -0.379 e. The number of methoxy groups -OCH3 is 1. The van der Waals surface area contributed by atoms with Crippen molar-refractivity contribution < 1.29 is 4.74 Å². The van der Waals surface area contributed by atoms with Gasteiger partial charge in [-0.2, -0.15) is 0 Å². The van der Waals surface area contributed by atoms with Crippen LogP contribution in [-0.4, -0.2) is 36.2 Å². The van der Waals surface area contributed by atoms with Gasteiger partial charge in [-0.1, -0.05) is 12.0 Å². The molecule has 1 aromatic rings. The summed E-state index contributed by atoms with van der Waals surface area (Å²) in [5, 5.41) is 0. The van der Waals surface area contributed by atoms with Crippen LogP contribution in [0.25, 0.3) is 0 Å². The second kappa shape index (κ2) is 4.43. The molecule has 3 nitrogen and oxygen atoms in total. The van der Waals surface area contributed by atoms with Crippen LogP contribution in [0.4, 0.5) is 0 Å². The molecule has 1 aliphatic heterocycles. The Hall–Kier alpha value is -1.37. The van der Waals surface area contributed by atoms with Crippen LogP contribution in [0, 0.1) is 12.3 Å². The third-order valence-electron chi connectivity index (χ3n) is 2.64. The number of ether oxygens (including phenoxy) is 1. The average Bonchev–Trinajstić information content (AvgIpc) is 2.23. The van der Waals surface area contributed by atoms with E-state index in [1.54, 1.807) is 7.11 Å². The van der Waals surface area contributed by atoms with Crippen molar-refractivity contribution in [1.82, 2.24) is 9.88 Å². The van der Waals surface area contributed by atoms with E-state index in [1.807, 2.05) is 18.3 Å². The van der Waals surface area contributed by atoms with Crippen molar-refractivity contribution >= 4 is 0 Å². The fraction of sp³-hybridized carbons (Fsp3) is 0.417. The van der Waals surface area contributed by atoms with E-state index in [-0.39, 0.29) is 0 Å². The second-order valence-electron chi connectivity index (χ2n) is 3.75. The van der Waals surface area contributed by atoms with Crippen LogP contribution in [0.5, 0.6) is 0 Å². The molecule has 0 unspecified atom stereocenters. The van der Waals surface area contributed by atoms with Crippen molar-refractivity contribution in [2.45, 2.75) is 12.6 Å². The highest BCUT2D eigenvalue weighted by atomic mass is 16.5. The number of pyridine rings is 1. The summed E-state index contributed by atoms with van der Waals surface area (Å²) in [6.45, 7) is 2.94. The molecule has 0 aliphatic carbocycles. The average molecular weight is 202 g/mol. The smallest absolute Gasteiger partial charge is 0.112 e. The highest BCUT2D eigenvalue weighted by molar-refractivity contribution is 5.26. The molecule has 0 bridgehead atoms. The van der Waals surface area contributed by atoms with Gasteiger partial charge in [-0.3, -0.25) is 4.90 Å². The van der Waals surface area contributed by atoms with E-state index < -0.39 is 0 Å². The van der Waals surface area contributed by atoms with E-state index in [4.69, 9.17) is 11.2 Å². The lowest BCUT2D eigenvalue weighted by molar-refractivity contribution is -0.0334. The molecule has 1 aliphatic rings. The number of likely N-dealkylation sites (tertiary alicyclic amines) is 1. The van der Waals surface area contributed by atoms with E-state index in [0.717, 1.165) is 19.6 Å². The van der Waals surface area contributed by atoms with Gasteiger partial charge in [0, 0.05) is 32.9 Å². The monoisotopic (exact) mass is 202 g/mol. The van der Waals surface area contributed by atoms with E-state index in [1.165, 1.54) is 5.56 Å². The lowest BCUT2D eigenvalue weighted by Crippen LogP contribution is -2.50. The van der Waals surface area contributed by atoms with E-state index in [2.05, 4.69) is 15.8 Å². The summed E-state index contributed by atoms with van der Waals surface area (Å²) in [6.07, 6.45) is 7.48. The Morgan fingerprint density at radius 3 is 2.93 bits per heavy atom. The molecule has 2 rings (SSSR count). The van der Waals surface area contributed by atoms with Crippen LogP contribution >= 0.6 is 0 Å². The summed E-state index contributed by atoms with van der Waals surface area (Å²) >= 11 is 0. The Balaban J connectivity index is 1.87. The molecule has 3 heteroatoms. The first-order chi connectivity index (χ1) is 7.31. The summed E-state index contributed by atoms with van der Waals surface area (Å²) in [6, 6.07) is 3.91. The standard InChI is InChI=1S/C12H14N2O/c1-3-11-5-4-10(6-13-11)7-14-8-12(9-14)15-2/h1,4-6,12H,7-9H2,2H3. The zero-order valence-electron chi connectivity index (χ0n) is 8.81. The second-order valence-corrected chi connectivity index (χ2v) is 3.75. The number of rotatable bonds is 3. The van der Waals surface area contributed by atoms with Gasteiger partial charge >= 0.3 is 0 Å². The Kier molecular flexibility index (Phi) is 3.00. The molecule has 1 saturated heterocycles. The van der Waals surface area contributed by atoms with E-state index >= 15 is 0 Å². The van der Waals surface area contributed by atoms with Crippen LogP contribution in [0.2, 0.25) is 0 Å². The van der Waals surface area contributed by atoms with Gasteiger partial charge in [-0.15, -0.1) is 6.42 Å². The molecule has 0 atom stereocenters. The van der Waals surface area contributed by atoms with Crippen LogP contribution in [0.3, 0.4) is 0 Å². The third kappa shape index (κ3) is 2.35. The minimum absolute atomic E-state index is 0.406. The quantitative estimate of drug-likeness (QED) is 0.681. The first-order valence-corrected chi connectivity index (χ1v) is 4.98. The van der Waals surface area contributed by atoms with Crippen molar-refractivity contribution in [3.8, 4) is 12.3 Å². The highest BCUT2D eigenvalue weighted by Crippen LogP contribution is 2.14. The Labute approximate surface area is 90.1 Å². The summed E-state index contributed by atoms with van der Waals surface area (Å²) in [5.74, 6) is 2.51. The number of terminal acetylenes is 1. The fourth-order valence-corrected chi connectivity index (χ4v) is 1.66. The Morgan fingerprint density at radius 2 is 2.40 bits per heavy atom. The molecule has 0 spiro atoms. The predicted octanol–water partition coefficient (Wildman–Crippen LogP) is 0.893. The molecule has 0 radical (unpaired) electrons. The number of aromatic nitrogens is 1. The maximum atomic E-state index is 5.24. The summed E-state index contributed by atoms with van der Waals surface area (Å²) in [5.41, 5.74) is 1.89. The van der Waals surface area contributed by atoms with Crippen LogP contribution in [-0.2, 0) is 11.3 Å². The van der Waals surface area contributed by atoms with Gasteiger partial charge < -0.3 is 4.74 Å². The van der Waals surface area contributed by atoms with Crippen molar-refractivity contribution in [3.05, 3.63) is 29.6 Å². The molecule has 78 valence electrons. The van der Waals surface area contributed by atoms with Crippen LogP contribution in [0.1, 0.15) is 11.3 Å². The van der Waals surface area contributed by atoms with Crippen molar-refractivity contribution in [2.24, 2.45) is 0 Å². The molecule has 15 heavy (non-hydrogen) atoms. The highest BCUT2D eigenvalue weighted by Gasteiger charge is 2.25. The Bertz CT molecular complexity index is 360. The first kappa shape index (κ1) is 10.2. The molecular formula is C12H14N2O. The zero-order valence-corrected chi connectivity index (χ0v) is 8.81. The number of hydrogen-bond acceptors (Lipinski definition) is 3. The van der Waals surface area contributed by atoms with Crippen molar-refractivity contribution in [2.75, 3.05) is 20.2 Å². The summed E-state index contributed by atoms with van der Waals surface area (Å²) in [7, 11) is 1.76. The minimum atomic E-state index is 0.406. The third-order valence-corrected chi connectivity index (χ3v) is 2.64. The van der Waals surface area contributed by atoms with Gasteiger partial charge in [-0.25, -0.2) is 4.98 Å². The van der Waals surface area contributed by atoms with E-state index in [0.29, 0.717) is 11.8 Å². The first-order valence-electron chi connectivity index (χ1n) is 4.98. The molecule has 0 aromatic carbocycles. The van der Waals surface area contributed by atoms with Crippen molar-refractivity contribution in [1.29, 1.82) is 0 Å². The van der Waals surface area contributed by atoms with Gasteiger partial charge in [-0.05, 0) is 11.6 Å². The molecule has 2 heterocycles. The van der Waals surface area contributed by atoms with Gasteiger partial charge in [0.15, 0.2) is 0 Å².